The molecule has 1 unspecified atom stereocenters. The molecule has 7 nitrogen and oxygen atoms in total. The minimum Gasteiger partial charge on any atom is -0.381 e. The van der Waals surface area contributed by atoms with E-state index in [1.165, 1.54) is 0 Å². The highest BCUT2D eigenvalue weighted by molar-refractivity contribution is 5.78. The van der Waals surface area contributed by atoms with Gasteiger partial charge in [0.2, 0.25) is 17.6 Å². The Balaban J connectivity index is 1.22. The quantitative estimate of drug-likeness (QED) is 0.824. The number of amides is 1. The molecule has 150 valence electrons. The van der Waals surface area contributed by atoms with Crippen molar-refractivity contribution in [2.24, 2.45) is 11.8 Å². The highest BCUT2D eigenvalue weighted by atomic mass is 16.5. The summed E-state index contributed by atoms with van der Waals surface area (Å²) >= 11 is 0. The van der Waals surface area contributed by atoms with Gasteiger partial charge in [-0.2, -0.15) is 4.98 Å². The van der Waals surface area contributed by atoms with Crippen LogP contribution in [0.3, 0.4) is 0 Å². The van der Waals surface area contributed by atoms with Gasteiger partial charge >= 0.3 is 0 Å². The first-order valence-electron chi connectivity index (χ1n) is 10.2. The fourth-order valence-electron chi connectivity index (χ4n) is 3.92. The normalized spacial score (nSPS) is 21.1. The van der Waals surface area contributed by atoms with Gasteiger partial charge in [-0.05, 0) is 50.8 Å². The summed E-state index contributed by atoms with van der Waals surface area (Å²) in [5, 5.41) is 7.25. The van der Waals surface area contributed by atoms with Crippen molar-refractivity contribution < 1.29 is 14.1 Å². The van der Waals surface area contributed by atoms with Crippen LogP contribution in [0.2, 0.25) is 0 Å². The van der Waals surface area contributed by atoms with Crippen LogP contribution in [0.1, 0.15) is 30.7 Å². The number of nitrogens with zero attached hydrogens (tertiary/aromatic N) is 3. The third kappa shape index (κ3) is 4.59. The van der Waals surface area contributed by atoms with Gasteiger partial charge in [-0.3, -0.25) is 9.69 Å². The molecule has 0 saturated carbocycles. The Morgan fingerprint density at radius 1 is 1.25 bits per heavy atom. The van der Waals surface area contributed by atoms with Crippen molar-refractivity contribution in [1.82, 2.24) is 20.4 Å². The molecule has 0 spiro atoms. The molecular formula is C21H28N4O3. The topological polar surface area (TPSA) is 80.5 Å². The molecule has 3 heterocycles. The van der Waals surface area contributed by atoms with E-state index in [0.717, 1.165) is 50.0 Å². The molecule has 2 saturated heterocycles. The number of carbonyl (C=O) groups excluding carboxylic acids is 1. The van der Waals surface area contributed by atoms with E-state index in [2.05, 4.69) is 33.3 Å². The Morgan fingerprint density at radius 3 is 2.82 bits per heavy atom. The van der Waals surface area contributed by atoms with Gasteiger partial charge in [0.1, 0.15) is 0 Å². The van der Waals surface area contributed by atoms with E-state index in [4.69, 9.17) is 9.26 Å². The van der Waals surface area contributed by atoms with Crippen LogP contribution in [0.5, 0.6) is 0 Å². The van der Waals surface area contributed by atoms with E-state index < -0.39 is 0 Å². The third-order valence-electron chi connectivity index (χ3n) is 5.79. The molecule has 1 atom stereocenters. The van der Waals surface area contributed by atoms with Gasteiger partial charge in [0, 0.05) is 18.7 Å². The smallest absolute Gasteiger partial charge is 0.241 e. The highest BCUT2D eigenvalue weighted by Gasteiger charge is 2.25. The van der Waals surface area contributed by atoms with E-state index in [0.29, 0.717) is 37.4 Å². The minimum atomic E-state index is 0.0417. The lowest BCUT2D eigenvalue weighted by atomic mass is 9.96. The number of benzene rings is 1. The number of ether oxygens (including phenoxy) is 1. The number of nitrogens with one attached hydrogen (secondary N) is 1. The molecule has 7 heteroatoms. The summed E-state index contributed by atoms with van der Waals surface area (Å²) < 4.78 is 10.8. The molecular weight excluding hydrogens is 356 g/mol. The monoisotopic (exact) mass is 384 g/mol. The zero-order valence-electron chi connectivity index (χ0n) is 16.4. The molecule has 1 aromatic heterocycles. The molecule has 1 aromatic carbocycles. The van der Waals surface area contributed by atoms with Gasteiger partial charge in [0.25, 0.3) is 0 Å². The van der Waals surface area contributed by atoms with E-state index in [-0.39, 0.29) is 11.8 Å². The van der Waals surface area contributed by atoms with Crippen molar-refractivity contribution in [1.29, 1.82) is 0 Å². The first-order chi connectivity index (χ1) is 13.7. The first-order valence-corrected chi connectivity index (χ1v) is 10.2. The molecule has 0 bridgehead atoms. The average Bonchev–Trinajstić information content (AvgIpc) is 3.40. The molecule has 2 aliphatic rings. The second-order valence-electron chi connectivity index (χ2n) is 7.85. The van der Waals surface area contributed by atoms with Gasteiger partial charge in [0.05, 0.1) is 19.1 Å². The number of hydrogen-bond donors (Lipinski definition) is 1. The second-order valence-corrected chi connectivity index (χ2v) is 7.85. The number of aromatic nitrogens is 2. The molecule has 1 amide bonds. The Bertz CT molecular complexity index is 792. The average molecular weight is 384 g/mol. The molecule has 28 heavy (non-hydrogen) atoms. The first kappa shape index (κ1) is 19.1. The summed E-state index contributed by atoms with van der Waals surface area (Å²) in [7, 11) is 0. The maximum atomic E-state index is 12.1. The van der Waals surface area contributed by atoms with E-state index in [1.54, 1.807) is 0 Å². The maximum absolute atomic E-state index is 12.1. The predicted molar refractivity (Wildman–Crippen MR) is 104 cm³/mol. The lowest BCUT2D eigenvalue weighted by molar-refractivity contribution is -0.125. The summed E-state index contributed by atoms with van der Waals surface area (Å²) in [6, 6.07) is 8.06. The molecule has 0 radical (unpaired) electrons. The largest absolute Gasteiger partial charge is 0.381 e. The summed E-state index contributed by atoms with van der Waals surface area (Å²) in [5.41, 5.74) is 2.15. The van der Waals surface area contributed by atoms with Crippen molar-refractivity contribution in [3.8, 4) is 11.4 Å². The molecule has 4 rings (SSSR count). The van der Waals surface area contributed by atoms with Crippen molar-refractivity contribution in [3.63, 3.8) is 0 Å². The predicted octanol–water partition coefficient (Wildman–Crippen LogP) is 2.41. The van der Waals surface area contributed by atoms with Crippen molar-refractivity contribution in [3.05, 3.63) is 35.7 Å². The fraction of sp³-hybridized carbons (Fsp3) is 0.571. The number of rotatable bonds is 6. The molecule has 1 N–H and O–H groups in total. The summed E-state index contributed by atoms with van der Waals surface area (Å²) in [5.74, 6) is 2.04. The number of hydrogen-bond acceptors (Lipinski definition) is 6. The van der Waals surface area contributed by atoms with E-state index in [1.807, 2.05) is 18.2 Å². The molecule has 2 aliphatic heterocycles. The van der Waals surface area contributed by atoms with Gasteiger partial charge in [-0.1, -0.05) is 29.4 Å². The number of likely N-dealkylation sites (tertiary alicyclic amines) is 1. The maximum Gasteiger partial charge on any atom is 0.241 e. The van der Waals surface area contributed by atoms with Crippen molar-refractivity contribution in [2.45, 2.75) is 32.7 Å². The van der Waals surface area contributed by atoms with Gasteiger partial charge in [-0.25, -0.2) is 0 Å². The van der Waals surface area contributed by atoms with Crippen LogP contribution < -0.4 is 5.32 Å². The number of aryl methyl sites for hydroxylation is 1. The zero-order valence-corrected chi connectivity index (χ0v) is 16.4. The van der Waals surface area contributed by atoms with Crippen LogP contribution in [-0.2, 0) is 16.1 Å². The lowest BCUT2D eigenvalue weighted by Gasteiger charge is -2.31. The van der Waals surface area contributed by atoms with Gasteiger partial charge in [-0.15, -0.1) is 0 Å². The SMILES string of the molecule is Cc1ccccc1-c1noc(CN2CCC(CNC(=O)C3CCOC3)CC2)n1. The standard InChI is InChI=1S/C21H28N4O3/c1-15-4-2-3-5-18(15)20-23-19(28-24-20)13-25-9-6-16(7-10-25)12-22-21(26)17-8-11-27-14-17/h2-5,16-17H,6-14H2,1H3,(H,22,26). The van der Waals surface area contributed by atoms with Crippen LogP contribution in [0.25, 0.3) is 11.4 Å². The zero-order chi connectivity index (χ0) is 19.3. The Hall–Kier alpha value is -2.25. The summed E-state index contributed by atoms with van der Waals surface area (Å²) in [4.78, 5) is 19.0. The van der Waals surface area contributed by atoms with Crippen molar-refractivity contribution in [2.75, 3.05) is 32.8 Å². The highest BCUT2D eigenvalue weighted by Crippen LogP contribution is 2.22. The van der Waals surface area contributed by atoms with Crippen LogP contribution in [0.4, 0.5) is 0 Å². The second kappa shape index (κ2) is 8.84. The lowest BCUT2D eigenvalue weighted by Crippen LogP contribution is -2.40. The van der Waals surface area contributed by atoms with E-state index >= 15 is 0 Å². The molecule has 0 aliphatic carbocycles. The van der Waals surface area contributed by atoms with Crippen molar-refractivity contribution >= 4 is 5.91 Å². The van der Waals surface area contributed by atoms with Gasteiger partial charge < -0.3 is 14.6 Å². The van der Waals surface area contributed by atoms with Crippen LogP contribution >= 0.6 is 0 Å². The fourth-order valence-corrected chi connectivity index (χ4v) is 3.92. The molecule has 2 fully saturated rings. The third-order valence-corrected chi connectivity index (χ3v) is 5.79. The summed E-state index contributed by atoms with van der Waals surface area (Å²) in [6.07, 6.45) is 2.99. The summed E-state index contributed by atoms with van der Waals surface area (Å²) in [6.45, 7) is 6.73. The van der Waals surface area contributed by atoms with E-state index in [9.17, 15) is 4.79 Å². The van der Waals surface area contributed by atoms with Crippen LogP contribution in [0.15, 0.2) is 28.8 Å². The van der Waals surface area contributed by atoms with Gasteiger partial charge in [0.15, 0.2) is 0 Å². The van der Waals surface area contributed by atoms with Crippen LogP contribution in [0, 0.1) is 18.8 Å². The molecule has 2 aromatic rings. The minimum absolute atomic E-state index is 0.0417. The Morgan fingerprint density at radius 2 is 2.07 bits per heavy atom. The van der Waals surface area contributed by atoms with Crippen LogP contribution in [-0.4, -0.2) is 53.8 Å². The number of piperidine rings is 1. The number of carbonyl (C=O) groups is 1. The Labute approximate surface area is 165 Å². The Kier molecular flexibility index (Phi) is 6.02.